The van der Waals surface area contributed by atoms with Gasteiger partial charge in [-0.15, -0.1) is 0 Å². The zero-order chi connectivity index (χ0) is 46.4. The molecule has 1 fully saturated rings. The SMILES string of the molecule is Cn1cc(-c2ccnc(-n3ncc4cc(C(C)(C)C)cc(F)c4c3=O)c2CO)cc(Nc2cc3n(n2)CCN(CCCCCCc2cccc4c2CN(C2CCC(=O)NC2=O)C4=O)C3)c1=O. The van der Waals surface area contributed by atoms with Crippen molar-refractivity contribution < 1.29 is 23.9 Å². The van der Waals surface area contributed by atoms with Crippen molar-refractivity contribution in [2.24, 2.45) is 7.05 Å². The van der Waals surface area contributed by atoms with E-state index in [0.717, 1.165) is 72.3 Å². The predicted octanol–water partition coefficient (Wildman–Crippen LogP) is 5.40. The Morgan fingerprint density at radius 3 is 2.55 bits per heavy atom. The molecule has 0 spiro atoms. The normalized spacial score (nSPS) is 16.5. The van der Waals surface area contributed by atoms with Gasteiger partial charge in [0, 0.05) is 73.6 Å². The monoisotopic (exact) mass is 896 g/mol. The second-order valence-electron chi connectivity index (χ2n) is 18.6. The number of aromatic nitrogens is 6. The van der Waals surface area contributed by atoms with Gasteiger partial charge in [-0.1, -0.05) is 45.7 Å². The Balaban J connectivity index is 0.824. The zero-order valence-corrected chi connectivity index (χ0v) is 37.6. The second-order valence-corrected chi connectivity index (χ2v) is 18.6. The Morgan fingerprint density at radius 2 is 1.76 bits per heavy atom. The van der Waals surface area contributed by atoms with E-state index in [-0.39, 0.29) is 51.7 Å². The fourth-order valence-corrected chi connectivity index (χ4v) is 9.46. The Kier molecular flexibility index (Phi) is 12.0. The van der Waals surface area contributed by atoms with Crippen LogP contribution in [0.1, 0.15) is 97.6 Å². The summed E-state index contributed by atoms with van der Waals surface area (Å²) in [5, 5.41) is 25.6. The number of fused-ring (bicyclic) bond motifs is 3. The van der Waals surface area contributed by atoms with Crippen LogP contribution in [-0.4, -0.2) is 80.9 Å². The predicted molar refractivity (Wildman–Crippen MR) is 246 cm³/mol. The highest BCUT2D eigenvalue weighted by Gasteiger charge is 2.39. The van der Waals surface area contributed by atoms with Gasteiger partial charge in [-0.25, -0.2) is 9.37 Å². The molecule has 4 aromatic heterocycles. The Hall–Kier alpha value is -6.85. The smallest absolute Gasteiger partial charge is 0.283 e. The number of aliphatic hydroxyl groups is 1. The van der Waals surface area contributed by atoms with E-state index in [2.05, 4.69) is 31.7 Å². The molecule has 0 radical (unpaired) electrons. The minimum atomic E-state index is -0.708. The number of anilines is 2. The van der Waals surface area contributed by atoms with E-state index in [1.807, 2.05) is 43.7 Å². The molecule has 6 aromatic rings. The van der Waals surface area contributed by atoms with Crippen LogP contribution < -0.4 is 21.8 Å². The lowest BCUT2D eigenvalue weighted by molar-refractivity contribution is -0.136. The van der Waals surface area contributed by atoms with Gasteiger partial charge in [0.05, 0.1) is 30.4 Å². The molecule has 0 bridgehead atoms. The Labute approximate surface area is 380 Å². The number of aryl methyl sites for hydroxylation is 2. The van der Waals surface area contributed by atoms with Gasteiger partial charge in [-0.3, -0.25) is 38.9 Å². The molecule has 1 saturated heterocycles. The minimum absolute atomic E-state index is 0.0475. The van der Waals surface area contributed by atoms with Crippen LogP contribution in [0.4, 0.5) is 15.9 Å². The quantitative estimate of drug-likeness (QED) is 0.0996. The van der Waals surface area contributed by atoms with Gasteiger partial charge in [-0.05, 0) is 90.2 Å². The van der Waals surface area contributed by atoms with Crippen LogP contribution in [0.25, 0.3) is 27.7 Å². The summed E-state index contributed by atoms with van der Waals surface area (Å²) in [6.45, 7) is 8.94. The number of benzene rings is 2. The molecule has 1 unspecified atom stereocenters. The standard InChI is InChI=1S/C49H53FN10O6/c1-49(2,3)32-20-30-24-52-60(48(66)43(30)38(50)22-32)44-37(28-61)34(15-16-51-44)31-21-39(47(65)56(4)25-31)53-41-23-33-26-57(18-19-59(33)55-41)17-8-6-5-7-10-29-11-9-12-35-36(29)27-58(46(35)64)40-13-14-42(62)54-45(40)63/h9,11-12,15-16,20-25,40,61H,5-8,10,13-14,17-19,26-28H2,1-4H3,(H,53,55)(H,54,62,63). The van der Waals surface area contributed by atoms with Gasteiger partial charge in [0.25, 0.3) is 17.0 Å². The molecular weight excluding hydrogens is 844 g/mol. The Bertz CT molecular complexity index is 3040. The van der Waals surface area contributed by atoms with E-state index in [4.69, 9.17) is 5.10 Å². The van der Waals surface area contributed by atoms with Crippen LogP contribution in [0, 0.1) is 5.82 Å². The van der Waals surface area contributed by atoms with E-state index in [1.54, 1.807) is 36.3 Å². The highest BCUT2D eigenvalue weighted by molar-refractivity contribution is 6.05. The van der Waals surface area contributed by atoms with Crippen LogP contribution in [0.5, 0.6) is 0 Å². The fourth-order valence-electron chi connectivity index (χ4n) is 9.46. The van der Waals surface area contributed by atoms with Crippen molar-refractivity contribution in [3.05, 3.63) is 127 Å². The lowest BCUT2D eigenvalue weighted by Gasteiger charge is -2.29. The summed E-state index contributed by atoms with van der Waals surface area (Å²) in [5.41, 5.74) is 4.80. The summed E-state index contributed by atoms with van der Waals surface area (Å²) >= 11 is 0. The zero-order valence-electron chi connectivity index (χ0n) is 37.6. The van der Waals surface area contributed by atoms with Crippen molar-refractivity contribution in [3.8, 4) is 16.9 Å². The van der Waals surface area contributed by atoms with Crippen LogP contribution in [-0.2, 0) is 54.7 Å². The molecule has 17 heteroatoms. The number of aliphatic hydroxyl groups excluding tert-OH is 1. The maximum atomic E-state index is 15.5. The molecule has 2 aromatic carbocycles. The minimum Gasteiger partial charge on any atom is -0.392 e. The third kappa shape index (κ3) is 8.55. The largest absolute Gasteiger partial charge is 0.392 e. The molecule has 342 valence electrons. The number of rotatable bonds is 13. The van der Waals surface area contributed by atoms with Gasteiger partial charge < -0.3 is 19.9 Å². The molecule has 3 N–H and O–H groups in total. The molecule has 3 aliphatic heterocycles. The van der Waals surface area contributed by atoms with Crippen LogP contribution in [0.3, 0.4) is 0 Å². The number of nitrogens with zero attached hydrogens (tertiary/aromatic N) is 8. The summed E-state index contributed by atoms with van der Waals surface area (Å²) in [7, 11) is 1.63. The number of hydrogen-bond donors (Lipinski definition) is 3. The third-order valence-electron chi connectivity index (χ3n) is 13.1. The first-order chi connectivity index (χ1) is 31.7. The molecular formula is C49H53FN10O6. The number of unbranched alkanes of at least 4 members (excludes halogenated alkanes) is 3. The van der Waals surface area contributed by atoms with Gasteiger partial charge in [0.1, 0.15) is 17.5 Å². The number of imide groups is 1. The summed E-state index contributed by atoms with van der Waals surface area (Å²) in [5.74, 6) is -0.935. The van der Waals surface area contributed by atoms with Crippen molar-refractivity contribution in [2.45, 2.75) is 103 Å². The first-order valence-electron chi connectivity index (χ1n) is 22.5. The first kappa shape index (κ1) is 44.4. The Morgan fingerprint density at radius 1 is 0.939 bits per heavy atom. The van der Waals surface area contributed by atoms with Gasteiger partial charge in [0.2, 0.25) is 11.8 Å². The average Bonchev–Trinajstić information content (AvgIpc) is 3.85. The molecule has 9 rings (SSSR count). The number of piperidine rings is 1. The summed E-state index contributed by atoms with van der Waals surface area (Å²) in [4.78, 5) is 73.1. The lowest BCUT2D eigenvalue weighted by Crippen LogP contribution is -2.52. The first-order valence-corrected chi connectivity index (χ1v) is 22.5. The molecule has 16 nitrogen and oxygen atoms in total. The molecule has 3 amide bonds. The van der Waals surface area contributed by atoms with Crippen LogP contribution >= 0.6 is 0 Å². The van der Waals surface area contributed by atoms with Crippen LogP contribution in [0.2, 0.25) is 0 Å². The number of amides is 3. The number of nitrogens with one attached hydrogen (secondary N) is 2. The van der Waals surface area contributed by atoms with Gasteiger partial charge in [0.15, 0.2) is 11.6 Å². The number of halogens is 1. The summed E-state index contributed by atoms with van der Waals surface area (Å²) in [6, 6.07) is 13.6. The number of hydrogen-bond acceptors (Lipinski definition) is 11. The molecule has 1 atom stereocenters. The van der Waals surface area contributed by atoms with Crippen molar-refractivity contribution in [1.29, 1.82) is 0 Å². The number of pyridine rings is 2. The van der Waals surface area contributed by atoms with Gasteiger partial charge in [-0.2, -0.15) is 14.9 Å². The summed E-state index contributed by atoms with van der Waals surface area (Å²) in [6.07, 6.45) is 10.1. The number of carbonyl (C=O) groups excluding carboxylic acids is 3. The van der Waals surface area contributed by atoms with Gasteiger partial charge >= 0.3 is 0 Å². The highest BCUT2D eigenvalue weighted by atomic mass is 19.1. The van der Waals surface area contributed by atoms with Crippen LogP contribution in [0.15, 0.2) is 76.7 Å². The van der Waals surface area contributed by atoms with E-state index in [1.165, 1.54) is 23.0 Å². The molecule has 66 heavy (non-hydrogen) atoms. The van der Waals surface area contributed by atoms with Crippen molar-refractivity contribution >= 4 is 40.0 Å². The van der Waals surface area contributed by atoms with Crippen molar-refractivity contribution in [3.63, 3.8) is 0 Å². The van der Waals surface area contributed by atoms with E-state index in [9.17, 15) is 29.1 Å². The molecule has 7 heterocycles. The lowest BCUT2D eigenvalue weighted by atomic mass is 9.86. The fraction of sp³-hybridized carbons (Fsp3) is 0.388. The molecule has 3 aliphatic rings. The van der Waals surface area contributed by atoms with E-state index in [0.29, 0.717) is 53.9 Å². The maximum absolute atomic E-state index is 15.5. The third-order valence-corrected chi connectivity index (χ3v) is 13.1. The highest BCUT2D eigenvalue weighted by Crippen LogP contribution is 2.33. The topological polar surface area (TPSA) is 190 Å². The van der Waals surface area contributed by atoms with Crippen molar-refractivity contribution in [2.75, 3.05) is 18.4 Å². The van der Waals surface area contributed by atoms with E-state index < -0.39 is 29.9 Å². The average molecular weight is 897 g/mol. The second kappa shape index (κ2) is 17.9. The number of carbonyl (C=O) groups is 3. The maximum Gasteiger partial charge on any atom is 0.283 e. The molecule has 0 aliphatic carbocycles. The van der Waals surface area contributed by atoms with Crippen molar-refractivity contribution in [1.82, 2.24) is 44.2 Å². The summed E-state index contributed by atoms with van der Waals surface area (Å²) < 4.78 is 19.9. The van der Waals surface area contributed by atoms with E-state index >= 15 is 4.39 Å². The molecule has 0 saturated carbocycles.